The predicted molar refractivity (Wildman–Crippen MR) is 94.6 cm³/mol. The van der Waals surface area contributed by atoms with E-state index in [1.54, 1.807) is 32.4 Å². The third kappa shape index (κ3) is 6.19. The van der Waals surface area contributed by atoms with Gasteiger partial charge < -0.3 is 23.7 Å². The van der Waals surface area contributed by atoms with Gasteiger partial charge >= 0.3 is 5.97 Å². The van der Waals surface area contributed by atoms with Crippen molar-refractivity contribution in [2.24, 2.45) is 0 Å². The van der Waals surface area contributed by atoms with Crippen LogP contribution in [-0.2, 0) is 14.3 Å². The summed E-state index contributed by atoms with van der Waals surface area (Å²) in [4.78, 5) is 14.8. The molecule has 1 aromatic rings. The van der Waals surface area contributed by atoms with Gasteiger partial charge in [-0.3, -0.25) is 4.90 Å². The number of benzene rings is 1. The Morgan fingerprint density at radius 2 is 1.52 bits per heavy atom. The summed E-state index contributed by atoms with van der Waals surface area (Å²) in [6, 6.07) is 4.80. The van der Waals surface area contributed by atoms with E-state index < -0.39 is 6.04 Å². The fraction of sp³-hybridized carbons (Fsp3) is 0.611. The van der Waals surface area contributed by atoms with Gasteiger partial charge in [-0.15, -0.1) is 0 Å². The van der Waals surface area contributed by atoms with Crippen LogP contribution in [0.1, 0.15) is 13.3 Å². The molecule has 0 fully saturated rings. The molecular weight excluding hydrogens is 326 g/mol. The Balaban J connectivity index is 2.97. The highest BCUT2D eigenvalue weighted by Crippen LogP contribution is 2.37. The predicted octanol–water partition coefficient (Wildman–Crippen LogP) is 1.98. The first kappa shape index (κ1) is 21.2. The van der Waals surface area contributed by atoms with Crippen LogP contribution in [0.2, 0.25) is 0 Å². The highest BCUT2D eigenvalue weighted by atomic mass is 16.6. The van der Waals surface area contributed by atoms with Gasteiger partial charge in [-0.05, 0) is 18.6 Å². The molecule has 0 saturated carbocycles. The molecule has 0 aliphatic carbocycles. The Bertz CT molecular complexity index is 492. The molecule has 0 bridgehead atoms. The standard InChI is InChI=1S/C18H29NO6/c1-6-14(19(10-12-21-2)11-13-22-3)18(20)25-17-15(23-4)8-7-9-16(17)24-5/h7-9,14H,6,10-13H2,1-5H3/t14-/m1/s1. The second kappa shape index (κ2) is 11.7. The van der Waals surface area contributed by atoms with E-state index in [0.717, 1.165) is 0 Å². The molecule has 0 saturated heterocycles. The SMILES string of the molecule is CC[C@H](C(=O)Oc1c(OC)cccc1OC)N(CCOC)CCOC. The van der Waals surface area contributed by atoms with Crippen molar-refractivity contribution in [3.05, 3.63) is 18.2 Å². The van der Waals surface area contributed by atoms with Crippen LogP contribution >= 0.6 is 0 Å². The summed E-state index contributed by atoms with van der Waals surface area (Å²) in [6.07, 6.45) is 0.601. The maximum Gasteiger partial charge on any atom is 0.329 e. The minimum absolute atomic E-state index is 0.286. The lowest BCUT2D eigenvalue weighted by atomic mass is 10.2. The average molecular weight is 355 g/mol. The van der Waals surface area contributed by atoms with E-state index in [0.29, 0.717) is 44.2 Å². The Labute approximate surface area is 149 Å². The Hall–Kier alpha value is -1.83. The molecule has 0 radical (unpaired) electrons. The first-order chi connectivity index (χ1) is 12.1. The Kier molecular flexibility index (Phi) is 9.91. The third-order valence-corrected chi connectivity index (χ3v) is 3.85. The molecule has 25 heavy (non-hydrogen) atoms. The molecule has 0 aliphatic heterocycles. The molecule has 0 N–H and O–H groups in total. The van der Waals surface area contributed by atoms with Crippen molar-refractivity contribution < 1.29 is 28.5 Å². The third-order valence-electron chi connectivity index (χ3n) is 3.85. The monoisotopic (exact) mass is 355 g/mol. The van der Waals surface area contributed by atoms with Crippen molar-refractivity contribution in [3.8, 4) is 17.2 Å². The van der Waals surface area contributed by atoms with Gasteiger partial charge in [-0.2, -0.15) is 0 Å². The fourth-order valence-corrected chi connectivity index (χ4v) is 2.50. The summed E-state index contributed by atoms with van der Waals surface area (Å²) in [5, 5.41) is 0. The summed E-state index contributed by atoms with van der Waals surface area (Å²) in [6.45, 7) is 4.20. The number of ether oxygens (including phenoxy) is 5. The minimum atomic E-state index is -0.417. The van der Waals surface area contributed by atoms with Gasteiger partial charge in [0.05, 0.1) is 27.4 Å². The fourth-order valence-electron chi connectivity index (χ4n) is 2.50. The van der Waals surface area contributed by atoms with Gasteiger partial charge in [0.1, 0.15) is 6.04 Å². The summed E-state index contributed by atoms with van der Waals surface area (Å²) < 4.78 is 26.5. The number of rotatable bonds is 12. The van der Waals surface area contributed by atoms with Crippen LogP contribution in [0.4, 0.5) is 0 Å². The van der Waals surface area contributed by atoms with E-state index in [2.05, 4.69) is 0 Å². The summed E-state index contributed by atoms with van der Waals surface area (Å²) in [5.74, 6) is 0.817. The molecule has 0 heterocycles. The lowest BCUT2D eigenvalue weighted by Gasteiger charge is -2.29. The molecule has 1 aromatic carbocycles. The minimum Gasteiger partial charge on any atom is -0.493 e. The van der Waals surface area contributed by atoms with Crippen LogP contribution < -0.4 is 14.2 Å². The van der Waals surface area contributed by atoms with Crippen molar-refractivity contribution in [1.82, 2.24) is 4.90 Å². The van der Waals surface area contributed by atoms with Gasteiger partial charge in [0, 0.05) is 27.3 Å². The number of methoxy groups -OCH3 is 4. The normalized spacial score (nSPS) is 12.1. The molecule has 7 nitrogen and oxygen atoms in total. The number of nitrogens with zero attached hydrogens (tertiary/aromatic N) is 1. The number of esters is 1. The maximum absolute atomic E-state index is 12.8. The molecule has 142 valence electrons. The van der Waals surface area contributed by atoms with E-state index in [-0.39, 0.29) is 11.7 Å². The van der Waals surface area contributed by atoms with E-state index in [9.17, 15) is 4.79 Å². The number of carbonyl (C=O) groups is 1. The molecule has 0 aliphatic rings. The van der Waals surface area contributed by atoms with E-state index in [1.807, 2.05) is 11.8 Å². The Morgan fingerprint density at radius 1 is 1.00 bits per heavy atom. The van der Waals surface area contributed by atoms with Gasteiger partial charge in [0.2, 0.25) is 5.75 Å². The summed E-state index contributed by atoms with van der Waals surface area (Å²) >= 11 is 0. The lowest BCUT2D eigenvalue weighted by Crippen LogP contribution is -2.46. The first-order valence-electron chi connectivity index (χ1n) is 8.27. The van der Waals surface area contributed by atoms with Crippen LogP contribution in [0.5, 0.6) is 17.2 Å². The molecule has 0 unspecified atom stereocenters. The summed E-state index contributed by atoms with van der Waals surface area (Å²) in [7, 11) is 6.31. The number of hydrogen-bond donors (Lipinski definition) is 0. The quantitative estimate of drug-likeness (QED) is 0.419. The number of carbonyl (C=O) groups excluding carboxylic acids is 1. The molecule has 1 rings (SSSR count). The van der Waals surface area contributed by atoms with Crippen molar-refractivity contribution in [2.45, 2.75) is 19.4 Å². The molecular formula is C18H29NO6. The van der Waals surface area contributed by atoms with Crippen molar-refractivity contribution in [1.29, 1.82) is 0 Å². The van der Waals surface area contributed by atoms with Crippen molar-refractivity contribution in [2.75, 3.05) is 54.7 Å². The van der Waals surface area contributed by atoms with E-state index in [4.69, 9.17) is 23.7 Å². The van der Waals surface area contributed by atoms with Crippen LogP contribution in [0, 0.1) is 0 Å². The molecule has 0 aromatic heterocycles. The highest BCUT2D eigenvalue weighted by Gasteiger charge is 2.28. The number of hydrogen-bond acceptors (Lipinski definition) is 7. The van der Waals surface area contributed by atoms with E-state index >= 15 is 0 Å². The van der Waals surface area contributed by atoms with Gasteiger partial charge in [-0.25, -0.2) is 4.79 Å². The Morgan fingerprint density at radius 3 is 1.92 bits per heavy atom. The average Bonchev–Trinajstić information content (AvgIpc) is 2.64. The van der Waals surface area contributed by atoms with Crippen LogP contribution in [0.3, 0.4) is 0 Å². The van der Waals surface area contributed by atoms with E-state index in [1.165, 1.54) is 14.2 Å². The zero-order chi connectivity index (χ0) is 18.7. The summed E-state index contributed by atoms with van der Waals surface area (Å²) in [5.41, 5.74) is 0. The zero-order valence-corrected chi connectivity index (χ0v) is 15.7. The van der Waals surface area contributed by atoms with Crippen molar-refractivity contribution in [3.63, 3.8) is 0 Å². The maximum atomic E-state index is 12.8. The second-order valence-corrected chi connectivity index (χ2v) is 5.36. The smallest absolute Gasteiger partial charge is 0.329 e. The first-order valence-corrected chi connectivity index (χ1v) is 8.27. The number of para-hydroxylation sites is 1. The van der Waals surface area contributed by atoms with Gasteiger partial charge in [0.15, 0.2) is 11.5 Å². The van der Waals surface area contributed by atoms with Gasteiger partial charge in [0.25, 0.3) is 0 Å². The largest absolute Gasteiger partial charge is 0.493 e. The molecule has 1 atom stereocenters. The van der Waals surface area contributed by atoms with Gasteiger partial charge in [-0.1, -0.05) is 13.0 Å². The molecule has 0 amide bonds. The van der Waals surface area contributed by atoms with Crippen LogP contribution in [0.25, 0.3) is 0 Å². The van der Waals surface area contributed by atoms with Crippen molar-refractivity contribution >= 4 is 5.97 Å². The zero-order valence-electron chi connectivity index (χ0n) is 15.7. The molecule has 7 heteroatoms. The van der Waals surface area contributed by atoms with Crippen LogP contribution in [0.15, 0.2) is 18.2 Å². The topological polar surface area (TPSA) is 66.5 Å². The highest BCUT2D eigenvalue weighted by molar-refractivity contribution is 5.79. The lowest BCUT2D eigenvalue weighted by molar-refractivity contribution is -0.141. The van der Waals surface area contributed by atoms with Crippen LogP contribution in [-0.4, -0.2) is 71.7 Å². The second-order valence-electron chi connectivity index (χ2n) is 5.36. The molecule has 0 spiro atoms.